The lowest BCUT2D eigenvalue weighted by molar-refractivity contribution is -0.123. The zero-order valence-corrected chi connectivity index (χ0v) is 11.0. The van der Waals surface area contributed by atoms with E-state index in [4.69, 9.17) is 12.2 Å². The van der Waals surface area contributed by atoms with Crippen LogP contribution in [0.3, 0.4) is 0 Å². The van der Waals surface area contributed by atoms with Gasteiger partial charge in [-0.15, -0.1) is 0 Å². The molecule has 0 bridgehead atoms. The number of hydrazine groups is 1. The first kappa shape index (κ1) is 13.2. The molecule has 5 heteroatoms. The van der Waals surface area contributed by atoms with Crippen molar-refractivity contribution in [1.82, 2.24) is 16.2 Å². The van der Waals surface area contributed by atoms with Gasteiger partial charge in [0.15, 0.2) is 5.11 Å². The van der Waals surface area contributed by atoms with Crippen molar-refractivity contribution < 1.29 is 4.79 Å². The minimum Gasteiger partial charge on any atom is -0.361 e. The molecule has 2 atom stereocenters. The van der Waals surface area contributed by atoms with E-state index in [0.717, 1.165) is 19.4 Å². The van der Waals surface area contributed by atoms with Crippen LogP contribution in [0.25, 0.3) is 0 Å². The lowest BCUT2D eigenvalue weighted by Gasteiger charge is -2.12. The van der Waals surface area contributed by atoms with E-state index in [1.54, 1.807) is 0 Å². The van der Waals surface area contributed by atoms with Gasteiger partial charge >= 0.3 is 0 Å². The number of carbonyl (C=O) groups is 1. The zero-order valence-electron chi connectivity index (χ0n) is 10.2. The SMILES string of the molecule is CC(C)CCNC(=S)NNC(=O)C1CC1C. The highest BCUT2D eigenvalue weighted by Crippen LogP contribution is 2.37. The Hall–Kier alpha value is -0.840. The van der Waals surface area contributed by atoms with Gasteiger partial charge < -0.3 is 5.32 Å². The number of thiocarbonyl (C=S) groups is 1. The Morgan fingerprint density at radius 1 is 1.44 bits per heavy atom. The molecule has 1 rings (SSSR count). The average Bonchev–Trinajstić information content (AvgIpc) is 2.91. The molecule has 1 amide bonds. The highest BCUT2D eigenvalue weighted by molar-refractivity contribution is 7.80. The van der Waals surface area contributed by atoms with Crippen LogP contribution in [0.1, 0.15) is 33.6 Å². The fourth-order valence-electron chi connectivity index (χ4n) is 1.42. The molecule has 1 fully saturated rings. The molecule has 2 unspecified atom stereocenters. The van der Waals surface area contributed by atoms with Gasteiger partial charge in [-0.25, -0.2) is 0 Å². The van der Waals surface area contributed by atoms with Crippen molar-refractivity contribution in [2.24, 2.45) is 17.8 Å². The van der Waals surface area contributed by atoms with Crippen molar-refractivity contribution in [2.75, 3.05) is 6.54 Å². The first-order chi connectivity index (χ1) is 7.50. The number of hydrogen-bond donors (Lipinski definition) is 3. The molecule has 0 saturated heterocycles. The largest absolute Gasteiger partial charge is 0.361 e. The van der Waals surface area contributed by atoms with Crippen molar-refractivity contribution in [1.29, 1.82) is 0 Å². The molecule has 0 radical (unpaired) electrons. The Labute approximate surface area is 103 Å². The van der Waals surface area contributed by atoms with Gasteiger partial charge in [0.25, 0.3) is 0 Å². The predicted molar refractivity (Wildman–Crippen MR) is 68.6 cm³/mol. The fraction of sp³-hybridized carbons (Fsp3) is 0.818. The maximum atomic E-state index is 11.4. The monoisotopic (exact) mass is 243 g/mol. The second-order valence-electron chi connectivity index (χ2n) is 4.87. The predicted octanol–water partition coefficient (Wildman–Crippen LogP) is 1.18. The van der Waals surface area contributed by atoms with E-state index in [9.17, 15) is 4.79 Å². The van der Waals surface area contributed by atoms with Gasteiger partial charge in [-0.05, 0) is 36.9 Å². The van der Waals surface area contributed by atoms with E-state index < -0.39 is 0 Å². The molecule has 1 aliphatic carbocycles. The lowest BCUT2D eigenvalue weighted by atomic mass is 10.1. The van der Waals surface area contributed by atoms with Gasteiger partial charge in [-0.1, -0.05) is 20.8 Å². The third-order valence-corrected chi connectivity index (χ3v) is 3.00. The molecular weight excluding hydrogens is 222 g/mol. The molecule has 0 aliphatic heterocycles. The van der Waals surface area contributed by atoms with Crippen molar-refractivity contribution in [3.05, 3.63) is 0 Å². The smallest absolute Gasteiger partial charge is 0.241 e. The summed E-state index contributed by atoms with van der Waals surface area (Å²) >= 11 is 5.02. The molecular formula is C11H21N3OS. The summed E-state index contributed by atoms with van der Waals surface area (Å²) in [5, 5.41) is 3.53. The molecule has 16 heavy (non-hydrogen) atoms. The highest BCUT2D eigenvalue weighted by atomic mass is 32.1. The highest BCUT2D eigenvalue weighted by Gasteiger charge is 2.39. The van der Waals surface area contributed by atoms with E-state index in [0.29, 0.717) is 16.9 Å². The standard InChI is InChI=1S/C11H21N3OS/c1-7(2)4-5-12-11(16)14-13-10(15)9-6-8(9)3/h7-9H,4-6H2,1-3H3,(H,13,15)(H2,12,14,16). The maximum absolute atomic E-state index is 11.4. The number of amides is 1. The Morgan fingerprint density at radius 3 is 2.56 bits per heavy atom. The summed E-state index contributed by atoms with van der Waals surface area (Å²) in [7, 11) is 0. The van der Waals surface area contributed by atoms with Gasteiger partial charge in [0, 0.05) is 12.5 Å². The fourth-order valence-corrected chi connectivity index (χ4v) is 1.57. The van der Waals surface area contributed by atoms with Crippen molar-refractivity contribution in [3.63, 3.8) is 0 Å². The molecule has 1 saturated carbocycles. The van der Waals surface area contributed by atoms with E-state index >= 15 is 0 Å². The number of hydrogen-bond acceptors (Lipinski definition) is 2. The van der Waals surface area contributed by atoms with Gasteiger partial charge in [-0.2, -0.15) is 0 Å². The molecule has 92 valence electrons. The Balaban J connectivity index is 2.04. The van der Waals surface area contributed by atoms with Crippen LogP contribution in [-0.2, 0) is 4.79 Å². The quantitative estimate of drug-likeness (QED) is 0.513. The second-order valence-corrected chi connectivity index (χ2v) is 5.28. The first-order valence-electron chi connectivity index (χ1n) is 5.84. The number of nitrogens with one attached hydrogen (secondary N) is 3. The summed E-state index contributed by atoms with van der Waals surface area (Å²) in [5.41, 5.74) is 5.34. The second kappa shape index (κ2) is 6.03. The first-order valence-corrected chi connectivity index (χ1v) is 6.25. The summed E-state index contributed by atoms with van der Waals surface area (Å²) in [6.07, 6.45) is 2.05. The molecule has 0 aromatic carbocycles. The maximum Gasteiger partial charge on any atom is 0.241 e. The molecule has 1 aliphatic rings. The van der Waals surface area contributed by atoms with Crippen molar-refractivity contribution >= 4 is 23.2 Å². The van der Waals surface area contributed by atoms with Gasteiger partial charge in [0.1, 0.15) is 0 Å². The van der Waals surface area contributed by atoms with E-state index in [1.165, 1.54) is 0 Å². The topological polar surface area (TPSA) is 53.2 Å². The Kier molecular flexibility index (Phi) is 4.99. The van der Waals surface area contributed by atoms with Gasteiger partial charge in [0.2, 0.25) is 5.91 Å². The lowest BCUT2D eigenvalue weighted by Crippen LogP contribution is -2.47. The van der Waals surface area contributed by atoms with Gasteiger partial charge in [-0.3, -0.25) is 15.6 Å². The van der Waals surface area contributed by atoms with E-state index in [-0.39, 0.29) is 11.8 Å². The summed E-state index contributed by atoms with van der Waals surface area (Å²) in [6, 6.07) is 0. The van der Waals surface area contributed by atoms with Crippen LogP contribution in [0.15, 0.2) is 0 Å². The third-order valence-electron chi connectivity index (χ3n) is 2.75. The zero-order chi connectivity index (χ0) is 12.1. The Morgan fingerprint density at radius 2 is 2.06 bits per heavy atom. The van der Waals surface area contributed by atoms with Crippen LogP contribution in [-0.4, -0.2) is 17.6 Å². The summed E-state index contributed by atoms with van der Waals surface area (Å²) in [6.45, 7) is 7.23. The molecule has 0 aromatic heterocycles. The number of rotatable bonds is 4. The minimum absolute atomic E-state index is 0.0421. The van der Waals surface area contributed by atoms with Crippen LogP contribution in [0.5, 0.6) is 0 Å². The normalized spacial score (nSPS) is 22.8. The van der Waals surface area contributed by atoms with E-state index in [1.807, 2.05) is 0 Å². The minimum atomic E-state index is 0.0421. The summed E-state index contributed by atoms with van der Waals surface area (Å²) < 4.78 is 0. The van der Waals surface area contributed by atoms with Crippen LogP contribution < -0.4 is 16.2 Å². The molecule has 4 nitrogen and oxygen atoms in total. The van der Waals surface area contributed by atoms with Crippen molar-refractivity contribution in [3.8, 4) is 0 Å². The molecule has 0 aromatic rings. The molecule has 0 spiro atoms. The summed E-state index contributed by atoms with van der Waals surface area (Å²) in [5.74, 6) is 1.38. The van der Waals surface area contributed by atoms with Crippen molar-refractivity contribution in [2.45, 2.75) is 33.6 Å². The molecule has 3 N–H and O–H groups in total. The summed E-state index contributed by atoms with van der Waals surface area (Å²) in [4.78, 5) is 11.4. The van der Waals surface area contributed by atoms with Crippen LogP contribution in [0, 0.1) is 17.8 Å². The van der Waals surface area contributed by atoms with Crippen LogP contribution >= 0.6 is 12.2 Å². The average molecular weight is 243 g/mol. The number of carbonyl (C=O) groups excluding carboxylic acids is 1. The van der Waals surface area contributed by atoms with Crippen LogP contribution in [0.4, 0.5) is 0 Å². The van der Waals surface area contributed by atoms with Crippen LogP contribution in [0.2, 0.25) is 0 Å². The van der Waals surface area contributed by atoms with E-state index in [2.05, 4.69) is 36.9 Å². The Bertz CT molecular complexity index is 268. The molecule has 0 heterocycles. The van der Waals surface area contributed by atoms with Gasteiger partial charge in [0.05, 0.1) is 0 Å². The third kappa shape index (κ3) is 4.79.